The first-order valence-electron chi connectivity index (χ1n) is 9.53. The second-order valence-corrected chi connectivity index (χ2v) is 8.76. The standard InChI is InChI=1S/C21H27FN2O2S/c1-5-20-24(19(25)10-13(2)3)18(12-27-20)21(26)23-14(4)6-7-15-11-16(22)8-9-17(15)23/h8-11,14,18,20H,5-7,12H2,1-4H3. The van der Waals surface area contributed by atoms with Crippen molar-refractivity contribution in [3.05, 3.63) is 41.2 Å². The molecule has 3 atom stereocenters. The van der Waals surface area contributed by atoms with E-state index in [2.05, 4.69) is 0 Å². The van der Waals surface area contributed by atoms with E-state index < -0.39 is 6.04 Å². The molecule has 0 aliphatic carbocycles. The van der Waals surface area contributed by atoms with Crippen molar-refractivity contribution in [1.29, 1.82) is 0 Å². The molecule has 1 aromatic rings. The predicted molar refractivity (Wildman–Crippen MR) is 108 cm³/mol. The fourth-order valence-electron chi connectivity index (χ4n) is 3.90. The van der Waals surface area contributed by atoms with E-state index >= 15 is 0 Å². The Labute approximate surface area is 164 Å². The van der Waals surface area contributed by atoms with Crippen molar-refractivity contribution in [3.63, 3.8) is 0 Å². The van der Waals surface area contributed by atoms with Gasteiger partial charge in [-0.3, -0.25) is 9.59 Å². The lowest BCUT2D eigenvalue weighted by Crippen LogP contribution is -2.54. The number of allylic oxidation sites excluding steroid dienone is 1. The smallest absolute Gasteiger partial charge is 0.250 e. The molecule has 146 valence electrons. The van der Waals surface area contributed by atoms with E-state index in [1.54, 1.807) is 33.7 Å². The molecule has 3 unspecified atom stereocenters. The number of rotatable bonds is 3. The zero-order valence-electron chi connectivity index (χ0n) is 16.4. The van der Waals surface area contributed by atoms with E-state index in [1.807, 2.05) is 27.7 Å². The van der Waals surface area contributed by atoms with Gasteiger partial charge in [-0.1, -0.05) is 12.5 Å². The maximum absolute atomic E-state index is 13.6. The summed E-state index contributed by atoms with van der Waals surface area (Å²) >= 11 is 1.66. The van der Waals surface area contributed by atoms with Crippen LogP contribution in [0.1, 0.15) is 46.1 Å². The van der Waals surface area contributed by atoms with E-state index in [-0.39, 0.29) is 29.0 Å². The van der Waals surface area contributed by atoms with Crippen molar-refractivity contribution < 1.29 is 14.0 Å². The highest BCUT2D eigenvalue weighted by Gasteiger charge is 2.43. The fourth-order valence-corrected chi connectivity index (χ4v) is 5.26. The Morgan fingerprint density at radius 3 is 2.74 bits per heavy atom. The number of nitrogens with zero attached hydrogens (tertiary/aromatic N) is 2. The Morgan fingerprint density at radius 2 is 2.07 bits per heavy atom. The van der Waals surface area contributed by atoms with Crippen LogP contribution in [0.4, 0.5) is 10.1 Å². The molecular formula is C21H27FN2O2S. The third kappa shape index (κ3) is 3.91. The van der Waals surface area contributed by atoms with Gasteiger partial charge in [0.2, 0.25) is 5.91 Å². The second kappa shape index (κ2) is 8.05. The average Bonchev–Trinajstić information content (AvgIpc) is 3.05. The highest BCUT2D eigenvalue weighted by molar-refractivity contribution is 8.00. The summed E-state index contributed by atoms with van der Waals surface area (Å²) in [4.78, 5) is 29.9. The SMILES string of the molecule is CCC1SCC(C(=O)N2c3ccc(F)cc3CCC2C)N1C(=O)C=C(C)C. The molecule has 4 nitrogen and oxygen atoms in total. The summed E-state index contributed by atoms with van der Waals surface area (Å²) in [6, 6.07) is 4.16. The first-order valence-corrected chi connectivity index (χ1v) is 10.6. The van der Waals surface area contributed by atoms with Crippen LogP contribution in [0.25, 0.3) is 0 Å². The second-order valence-electron chi connectivity index (χ2n) is 7.55. The van der Waals surface area contributed by atoms with Crippen molar-refractivity contribution in [2.75, 3.05) is 10.7 Å². The van der Waals surface area contributed by atoms with E-state index in [4.69, 9.17) is 0 Å². The number of thioether (sulfide) groups is 1. The van der Waals surface area contributed by atoms with Gasteiger partial charge >= 0.3 is 0 Å². The molecule has 1 aromatic carbocycles. The Kier molecular flexibility index (Phi) is 5.94. The molecule has 1 fully saturated rings. The number of amides is 2. The summed E-state index contributed by atoms with van der Waals surface area (Å²) < 4.78 is 13.6. The normalized spacial score (nSPS) is 24.6. The number of aryl methyl sites for hydroxylation is 1. The van der Waals surface area contributed by atoms with E-state index in [0.29, 0.717) is 5.75 Å². The molecule has 27 heavy (non-hydrogen) atoms. The summed E-state index contributed by atoms with van der Waals surface area (Å²) in [5.74, 6) is 0.154. The van der Waals surface area contributed by atoms with Crippen LogP contribution in [-0.2, 0) is 16.0 Å². The van der Waals surface area contributed by atoms with Gasteiger partial charge in [-0.15, -0.1) is 11.8 Å². The number of hydrogen-bond acceptors (Lipinski definition) is 3. The third-order valence-corrected chi connectivity index (χ3v) is 6.66. The lowest BCUT2D eigenvalue weighted by Gasteiger charge is -2.38. The molecule has 0 saturated carbocycles. The van der Waals surface area contributed by atoms with Crippen LogP contribution in [0, 0.1) is 5.82 Å². The van der Waals surface area contributed by atoms with Crippen molar-refractivity contribution in [2.45, 2.75) is 64.4 Å². The van der Waals surface area contributed by atoms with Crippen molar-refractivity contribution in [2.24, 2.45) is 0 Å². The van der Waals surface area contributed by atoms with E-state index in [9.17, 15) is 14.0 Å². The van der Waals surface area contributed by atoms with Gasteiger partial charge in [-0.05, 0) is 63.8 Å². The monoisotopic (exact) mass is 390 g/mol. The van der Waals surface area contributed by atoms with Gasteiger partial charge < -0.3 is 9.80 Å². The molecule has 2 amide bonds. The molecule has 2 aliphatic rings. The van der Waals surface area contributed by atoms with Crippen molar-refractivity contribution >= 4 is 29.3 Å². The van der Waals surface area contributed by atoms with Crippen LogP contribution in [-0.4, -0.2) is 39.9 Å². The first kappa shape index (κ1) is 19.9. The van der Waals surface area contributed by atoms with Crippen LogP contribution in [0.15, 0.2) is 29.8 Å². The number of anilines is 1. The summed E-state index contributed by atoms with van der Waals surface area (Å²) in [6.07, 6.45) is 3.96. The Morgan fingerprint density at radius 1 is 1.33 bits per heavy atom. The van der Waals surface area contributed by atoms with Gasteiger partial charge in [0.25, 0.3) is 5.91 Å². The molecule has 0 spiro atoms. The Bertz CT molecular complexity index is 775. The molecule has 0 radical (unpaired) electrons. The zero-order valence-corrected chi connectivity index (χ0v) is 17.2. The zero-order chi connectivity index (χ0) is 19.7. The van der Waals surface area contributed by atoms with Crippen LogP contribution in [0.3, 0.4) is 0 Å². The predicted octanol–water partition coefficient (Wildman–Crippen LogP) is 4.14. The van der Waals surface area contributed by atoms with Gasteiger partial charge in [0.15, 0.2) is 0 Å². The molecule has 3 rings (SSSR count). The van der Waals surface area contributed by atoms with Gasteiger partial charge in [0, 0.05) is 23.6 Å². The molecule has 0 bridgehead atoms. The molecule has 2 heterocycles. The maximum Gasteiger partial charge on any atom is 0.250 e. The molecule has 6 heteroatoms. The Balaban J connectivity index is 1.94. The maximum atomic E-state index is 13.6. The summed E-state index contributed by atoms with van der Waals surface area (Å²) in [6.45, 7) is 7.83. The highest BCUT2D eigenvalue weighted by atomic mass is 32.2. The molecule has 0 aromatic heterocycles. The van der Waals surface area contributed by atoms with Crippen LogP contribution < -0.4 is 4.90 Å². The van der Waals surface area contributed by atoms with Crippen LogP contribution >= 0.6 is 11.8 Å². The number of fused-ring (bicyclic) bond motifs is 1. The number of benzene rings is 1. The summed E-state index contributed by atoms with van der Waals surface area (Å²) in [5.41, 5.74) is 2.56. The van der Waals surface area contributed by atoms with Crippen LogP contribution in [0.2, 0.25) is 0 Å². The van der Waals surface area contributed by atoms with Gasteiger partial charge in [0.05, 0.1) is 5.37 Å². The first-order chi connectivity index (χ1) is 12.8. The topological polar surface area (TPSA) is 40.6 Å². The van der Waals surface area contributed by atoms with E-state index in [1.165, 1.54) is 12.1 Å². The lowest BCUT2D eigenvalue weighted by atomic mass is 9.95. The van der Waals surface area contributed by atoms with Crippen molar-refractivity contribution in [3.8, 4) is 0 Å². The average molecular weight is 391 g/mol. The Hall–Kier alpha value is -1.82. The largest absolute Gasteiger partial charge is 0.314 e. The minimum Gasteiger partial charge on any atom is -0.314 e. The number of carbonyl (C=O) groups is 2. The molecule has 2 aliphatic heterocycles. The molecule has 1 saturated heterocycles. The fraction of sp³-hybridized carbons (Fsp3) is 0.524. The van der Waals surface area contributed by atoms with Gasteiger partial charge in [0.1, 0.15) is 11.9 Å². The van der Waals surface area contributed by atoms with E-state index in [0.717, 1.165) is 36.1 Å². The van der Waals surface area contributed by atoms with Crippen LogP contribution in [0.5, 0.6) is 0 Å². The van der Waals surface area contributed by atoms with Crippen molar-refractivity contribution in [1.82, 2.24) is 4.90 Å². The number of hydrogen-bond donors (Lipinski definition) is 0. The van der Waals surface area contributed by atoms with Gasteiger partial charge in [-0.25, -0.2) is 4.39 Å². The summed E-state index contributed by atoms with van der Waals surface area (Å²) in [7, 11) is 0. The quantitative estimate of drug-likeness (QED) is 0.729. The number of halogens is 1. The highest BCUT2D eigenvalue weighted by Crippen LogP contribution is 2.37. The minimum absolute atomic E-state index is 0.00911. The number of carbonyl (C=O) groups excluding carboxylic acids is 2. The molecular weight excluding hydrogens is 363 g/mol. The minimum atomic E-state index is -0.485. The summed E-state index contributed by atoms with van der Waals surface area (Å²) in [5, 5.41) is 0.00911. The van der Waals surface area contributed by atoms with Gasteiger partial charge in [-0.2, -0.15) is 0 Å². The lowest BCUT2D eigenvalue weighted by molar-refractivity contribution is -0.135. The third-order valence-electron chi connectivity index (χ3n) is 5.20. The molecule has 0 N–H and O–H groups in total.